The first-order valence-electron chi connectivity index (χ1n) is 20.0. The Hall–Kier alpha value is -5.45. The van der Waals surface area contributed by atoms with Crippen molar-refractivity contribution >= 4 is 52.5 Å². The lowest BCUT2D eigenvalue weighted by Gasteiger charge is -2.44. The van der Waals surface area contributed by atoms with Gasteiger partial charge in [-0.05, 0) is 86.7 Å². The predicted octanol–water partition coefficient (Wildman–Crippen LogP) is 4.48. The van der Waals surface area contributed by atoms with Crippen molar-refractivity contribution in [1.29, 1.82) is 5.26 Å². The van der Waals surface area contributed by atoms with Gasteiger partial charge in [0.15, 0.2) is 0 Å². The summed E-state index contributed by atoms with van der Waals surface area (Å²) in [5.74, 6) is -1.26. The third kappa shape index (κ3) is 6.99. The third-order valence-corrected chi connectivity index (χ3v) is 13.2. The van der Waals surface area contributed by atoms with Gasteiger partial charge in [-0.2, -0.15) is 5.26 Å². The number of piperidine rings is 3. The van der Waals surface area contributed by atoms with Crippen molar-refractivity contribution in [3.8, 4) is 11.8 Å². The van der Waals surface area contributed by atoms with E-state index in [0.29, 0.717) is 52.2 Å². The topological polar surface area (TPSA) is 147 Å². The number of hydrogen-bond donors (Lipinski definition) is 1. The van der Waals surface area contributed by atoms with Crippen molar-refractivity contribution < 1.29 is 28.7 Å². The van der Waals surface area contributed by atoms with Gasteiger partial charge in [-0.3, -0.25) is 39.1 Å². The first-order valence-corrected chi connectivity index (χ1v) is 20.3. The molecule has 6 aliphatic rings. The first-order chi connectivity index (χ1) is 27.6. The van der Waals surface area contributed by atoms with Crippen LogP contribution in [0.4, 0.5) is 11.4 Å². The molecule has 3 aromatic rings. The van der Waals surface area contributed by atoms with Gasteiger partial charge in [0.1, 0.15) is 24.0 Å². The molecule has 14 heteroatoms. The quantitative estimate of drug-likeness (QED) is 0.340. The van der Waals surface area contributed by atoms with Gasteiger partial charge in [-0.25, -0.2) is 0 Å². The predicted molar refractivity (Wildman–Crippen MR) is 211 cm³/mol. The summed E-state index contributed by atoms with van der Waals surface area (Å²) in [7, 11) is 0. The molecule has 4 saturated heterocycles. The first kappa shape index (κ1) is 37.1. The van der Waals surface area contributed by atoms with Crippen LogP contribution < -0.4 is 19.9 Å². The van der Waals surface area contributed by atoms with Gasteiger partial charge in [0.25, 0.3) is 17.7 Å². The lowest BCUT2D eigenvalue weighted by molar-refractivity contribution is -0.136. The lowest BCUT2D eigenvalue weighted by atomic mass is 9.90. The van der Waals surface area contributed by atoms with Crippen molar-refractivity contribution in [1.82, 2.24) is 20.0 Å². The van der Waals surface area contributed by atoms with Gasteiger partial charge in [-0.15, -0.1) is 0 Å². The normalized spacial score (nSPS) is 23.7. The number of benzene rings is 3. The Kier molecular flexibility index (Phi) is 9.65. The Morgan fingerprint density at radius 3 is 2.18 bits per heavy atom. The number of likely N-dealkylation sites (tertiary alicyclic amines) is 1. The smallest absolute Gasteiger partial charge is 0.262 e. The second-order valence-electron chi connectivity index (χ2n) is 16.2. The van der Waals surface area contributed by atoms with Crippen LogP contribution >= 0.6 is 11.6 Å². The van der Waals surface area contributed by atoms with E-state index >= 15 is 0 Å². The van der Waals surface area contributed by atoms with E-state index in [1.165, 1.54) is 0 Å². The molecule has 294 valence electrons. The minimum Gasteiger partial charge on any atom is -0.490 e. The van der Waals surface area contributed by atoms with Crippen LogP contribution in [0.25, 0.3) is 0 Å². The van der Waals surface area contributed by atoms with Crippen LogP contribution in [0.2, 0.25) is 5.02 Å². The molecule has 1 aliphatic carbocycles. The summed E-state index contributed by atoms with van der Waals surface area (Å²) in [5, 5.41) is 11.8. The Morgan fingerprint density at radius 1 is 0.789 bits per heavy atom. The molecule has 3 aromatic carbocycles. The van der Waals surface area contributed by atoms with Crippen LogP contribution in [0.1, 0.15) is 81.6 Å². The van der Waals surface area contributed by atoms with E-state index in [0.717, 1.165) is 87.6 Å². The minimum atomic E-state index is -0.974. The van der Waals surface area contributed by atoms with Crippen LogP contribution in [-0.4, -0.2) is 115 Å². The number of halogens is 1. The number of nitrogens with zero attached hydrogens (tertiary/aromatic N) is 6. The number of nitriles is 1. The second-order valence-corrected chi connectivity index (χ2v) is 16.6. The fourth-order valence-corrected chi connectivity index (χ4v) is 9.66. The number of nitrogens with one attached hydrogen (secondary N) is 1. The number of anilines is 2. The van der Waals surface area contributed by atoms with E-state index in [1.54, 1.807) is 30.3 Å². The van der Waals surface area contributed by atoms with Gasteiger partial charge in [0, 0.05) is 99.7 Å². The molecule has 2 atom stereocenters. The number of fused-ring (bicyclic) bond motifs is 1. The van der Waals surface area contributed by atoms with E-state index in [-0.39, 0.29) is 30.3 Å². The fourth-order valence-electron chi connectivity index (χ4n) is 9.45. The number of piperazine rings is 1. The Morgan fingerprint density at radius 2 is 1.49 bits per heavy atom. The zero-order chi connectivity index (χ0) is 39.4. The van der Waals surface area contributed by atoms with E-state index in [2.05, 4.69) is 38.2 Å². The molecular formula is C43H44ClN7O6. The maximum Gasteiger partial charge on any atom is 0.262 e. The molecule has 5 heterocycles. The molecule has 5 aliphatic heterocycles. The van der Waals surface area contributed by atoms with Crippen molar-refractivity contribution in [3.05, 3.63) is 87.9 Å². The highest BCUT2D eigenvalue weighted by Crippen LogP contribution is 2.53. The fraction of sp³-hybridized carbons (Fsp3) is 0.442. The van der Waals surface area contributed by atoms with Crippen molar-refractivity contribution in [2.75, 3.05) is 62.2 Å². The molecule has 5 amide bonds. The van der Waals surface area contributed by atoms with Crippen molar-refractivity contribution in [2.45, 2.75) is 63.1 Å². The van der Waals surface area contributed by atoms with E-state index < -0.39 is 29.7 Å². The number of rotatable bonds is 7. The van der Waals surface area contributed by atoms with Crippen LogP contribution in [0, 0.1) is 16.7 Å². The number of hydrogen-bond acceptors (Lipinski definition) is 10. The molecule has 1 saturated carbocycles. The molecule has 2 unspecified atom stereocenters. The summed E-state index contributed by atoms with van der Waals surface area (Å²) in [5.41, 5.74) is 3.69. The second kappa shape index (κ2) is 14.8. The number of carbonyl (C=O) groups is 5. The summed E-state index contributed by atoms with van der Waals surface area (Å²) >= 11 is 6.24. The summed E-state index contributed by atoms with van der Waals surface area (Å²) < 4.78 is 6.36. The van der Waals surface area contributed by atoms with Crippen molar-refractivity contribution in [3.63, 3.8) is 0 Å². The SMILES string of the molecule is N#Cc1ccc(OC2CCN(C(=O)c3ccc(N4CCN(C5CCN(c6ccc7c(c6)C(=O)N(C6CCC(=O)NC6=O)C7=O)CC5)CC4)cc3)CC23CC3)cc1Cl. The van der Waals surface area contributed by atoms with Crippen LogP contribution in [0.15, 0.2) is 60.7 Å². The Labute approximate surface area is 336 Å². The molecule has 0 bridgehead atoms. The highest BCUT2D eigenvalue weighted by molar-refractivity contribution is 6.31. The molecule has 13 nitrogen and oxygen atoms in total. The Bertz CT molecular complexity index is 2190. The summed E-state index contributed by atoms with van der Waals surface area (Å²) in [6.45, 7) is 6.65. The number of ether oxygens (including phenoxy) is 1. The zero-order valence-corrected chi connectivity index (χ0v) is 32.4. The zero-order valence-electron chi connectivity index (χ0n) is 31.6. The molecule has 57 heavy (non-hydrogen) atoms. The molecular weight excluding hydrogens is 746 g/mol. The number of amides is 5. The summed E-state index contributed by atoms with van der Waals surface area (Å²) in [6.07, 6.45) is 4.98. The number of imide groups is 2. The van der Waals surface area contributed by atoms with Gasteiger partial charge < -0.3 is 19.4 Å². The van der Waals surface area contributed by atoms with E-state index in [1.807, 2.05) is 23.1 Å². The summed E-state index contributed by atoms with van der Waals surface area (Å²) in [6, 6.07) is 20.1. The maximum atomic E-state index is 13.6. The van der Waals surface area contributed by atoms with Gasteiger partial charge in [0.05, 0.1) is 21.7 Å². The molecule has 1 N–H and O–H groups in total. The molecule has 5 fully saturated rings. The molecule has 0 radical (unpaired) electrons. The highest BCUT2D eigenvalue weighted by atomic mass is 35.5. The highest BCUT2D eigenvalue weighted by Gasteiger charge is 2.55. The summed E-state index contributed by atoms with van der Waals surface area (Å²) in [4.78, 5) is 74.4. The van der Waals surface area contributed by atoms with E-state index in [9.17, 15) is 29.2 Å². The standard InChI is InChI=1S/C43H44ClN7O6/c44-35-24-32(7-3-28(35)25-45)57-37-13-18-50(26-43(37)14-15-43)40(54)27-1-4-29(5-2-27)48-19-21-49(22-20-48)30-11-16-47(17-12-30)31-6-8-33-34(23-31)42(56)51(41(33)55)36-9-10-38(52)46-39(36)53/h1-8,23-24,30,36-37H,9-22,26H2,(H,46,52,53). The monoisotopic (exact) mass is 789 g/mol. The minimum absolute atomic E-state index is 0.00509. The Balaban J connectivity index is 0.747. The van der Waals surface area contributed by atoms with Gasteiger partial charge >= 0.3 is 0 Å². The van der Waals surface area contributed by atoms with Crippen molar-refractivity contribution in [2.24, 2.45) is 5.41 Å². The number of carbonyl (C=O) groups excluding carboxylic acids is 5. The van der Waals surface area contributed by atoms with Crippen LogP contribution in [-0.2, 0) is 9.59 Å². The van der Waals surface area contributed by atoms with Crippen LogP contribution in [0.5, 0.6) is 5.75 Å². The maximum absolute atomic E-state index is 13.6. The molecule has 9 rings (SSSR count). The van der Waals surface area contributed by atoms with Crippen LogP contribution in [0.3, 0.4) is 0 Å². The van der Waals surface area contributed by atoms with Gasteiger partial charge in [-0.1, -0.05) is 11.6 Å². The third-order valence-electron chi connectivity index (χ3n) is 12.9. The molecule has 1 spiro atoms. The molecule has 0 aromatic heterocycles. The van der Waals surface area contributed by atoms with Gasteiger partial charge in [0.2, 0.25) is 11.8 Å². The average molecular weight is 790 g/mol. The largest absolute Gasteiger partial charge is 0.490 e. The average Bonchev–Trinajstić information content (AvgIpc) is 3.96. The van der Waals surface area contributed by atoms with E-state index in [4.69, 9.17) is 16.3 Å². The lowest BCUT2D eigenvalue weighted by Crippen LogP contribution is -2.54.